The second-order valence-corrected chi connectivity index (χ2v) is 6.81. The number of amides is 1. The Bertz CT molecular complexity index is 797. The van der Waals surface area contributed by atoms with Crippen molar-refractivity contribution in [3.8, 4) is 11.5 Å². The largest absolute Gasteiger partial charge is 0.493 e. The zero-order valence-electron chi connectivity index (χ0n) is 16.4. The third-order valence-electron chi connectivity index (χ3n) is 4.97. The Hall–Kier alpha value is -2.73. The van der Waals surface area contributed by atoms with Crippen molar-refractivity contribution in [2.24, 2.45) is 0 Å². The summed E-state index contributed by atoms with van der Waals surface area (Å²) in [6.45, 7) is 6.06. The van der Waals surface area contributed by atoms with E-state index in [0.29, 0.717) is 17.1 Å². The van der Waals surface area contributed by atoms with Crippen LogP contribution in [0.4, 0.5) is 11.4 Å². The molecule has 1 aliphatic rings. The third kappa shape index (κ3) is 4.34. The number of anilines is 2. The maximum Gasteiger partial charge on any atom is 0.256 e. The maximum absolute atomic E-state index is 12.7. The number of methoxy groups -OCH3 is 2. The van der Waals surface area contributed by atoms with Crippen LogP contribution in [0.2, 0.25) is 0 Å². The van der Waals surface area contributed by atoms with Crippen LogP contribution in [-0.4, -0.2) is 58.3 Å². The lowest BCUT2D eigenvalue weighted by Crippen LogP contribution is -2.44. The minimum atomic E-state index is -0.166. The molecule has 1 N–H and O–H groups in total. The van der Waals surface area contributed by atoms with Gasteiger partial charge < -0.3 is 24.6 Å². The van der Waals surface area contributed by atoms with Gasteiger partial charge >= 0.3 is 0 Å². The van der Waals surface area contributed by atoms with Crippen molar-refractivity contribution in [3.05, 3.63) is 47.5 Å². The van der Waals surface area contributed by atoms with Gasteiger partial charge in [-0.2, -0.15) is 0 Å². The molecular weight excluding hydrogens is 342 g/mol. The summed E-state index contributed by atoms with van der Waals surface area (Å²) < 4.78 is 10.6. The first-order valence-corrected chi connectivity index (χ1v) is 9.09. The first-order valence-electron chi connectivity index (χ1n) is 9.09. The number of piperazine rings is 1. The van der Waals surface area contributed by atoms with E-state index in [2.05, 4.69) is 34.3 Å². The van der Waals surface area contributed by atoms with E-state index in [-0.39, 0.29) is 5.91 Å². The van der Waals surface area contributed by atoms with Gasteiger partial charge in [-0.1, -0.05) is 0 Å². The number of rotatable bonds is 5. The average Bonchev–Trinajstić information content (AvgIpc) is 2.69. The summed E-state index contributed by atoms with van der Waals surface area (Å²) in [5, 5.41) is 2.96. The van der Waals surface area contributed by atoms with E-state index in [4.69, 9.17) is 9.47 Å². The van der Waals surface area contributed by atoms with E-state index in [1.807, 2.05) is 25.1 Å². The number of nitrogens with zero attached hydrogens (tertiary/aromatic N) is 2. The Morgan fingerprint density at radius 2 is 1.56 bits per heavy atom. The van der Waals surface area contributed by atoms with E-state index in [1.54, 1.807) is 20.3 Å². The Kier molecular flexibility index (Phi) is 5.86. The van der Waals surface area contributed by atoms with E-state index in [0.717, 1.165) is 37.4 Å². The number of carbonyl (C=O) groups excluding carboxylic acids is 1. The molecular formula is C21H27N3O3. The van der Waals surface area contributed by atoms with Gasteiger partial charge in [0.25, 0.3) is 5.91 Å². The fourth-order valence-electron chi connectivity index (χ4n) is 3.24. The Morgan fingerprint density at radius 3 is 2.15 bits per heavy atom. The van der Waals surface area contributed by atoms with Gasteiger partial charge in [-0.25, -0.2) is 0 Å². The molecule has 1 heterocycles. The summed E-state index contributed by atoms with van der Waals surface area (Å²) in [6, 6.07) is 11.5. The first kappa shape index (κ1) is 19.0. The number of carbonyl (C=O) groups is 1. The number of ether oxygens (including phenoxy) is 2. The van der Waals surface area contributed by atoms with E-state index >= 15 is 0 Å². The number of benzene rings is 2. The zero-order chi connectivity index (χ0) is 19.4. The summed E-state index contributed by atoms with van der Waals surface area (Å²) >= 11 is 0. The van der Waals surface area contributed by atoms with Gasteiger partial charge in [0, 0.05) is 43.1 Å². The number of hydrogen-bond donors (Lipinski definition) is 1. The fourth-order valence-corrected chi connectivity index (χ4v) is 3.24. The van der Waals surface area contributed by atoms with Crippen molar-refractivity contribution in [2.75, 3.05) is 57.7 Å². The highest BCUT2D eigenvalue weighted by atomic mass is 16.5. The second-order valence-electron chi connectivity index (χ2n) is 6.81. The number of nitrogens with one attached hydrogen (secondary N) is 1. The highest BCUT2D eigenvalue weighted by Crippen LogP contribution is 2.30. The first-order chi connectivity index (χ1) is 13.0. The second kappa shape index (κ2) is 8.31. The zero-order valence-corrected chi connectivity index (χ0v) is 16.4. The molecule has 2 aromatic carbocycles. The minimum absolute atomic E-state index is 0.166. The lowest BCUT2D eigenvalue weighted by atomic mass is 10.1. The molecule has 1 saturated heterocycles. The molecule has 2 aromatic rings. The summed E-state index contributed by atoms with van der Waals surface area (Å²) in [5.74, 6) is 0.988. The highest BCUT2D eigenvalue weighted by Gasteiger charge is 2.16. The standard InChI is InChI=1S/C21H27N3O3/c1-15-13-19(26-3)20(27-4)14-18(15)21(25)22-16-5-7-17(8-6-16)24-11-9-23(2)10-12-24/h5-8,13-14H,9-12H2,1-4H3,(H,22,25). The van der Waals surface area contributed by atoms with Crippen molar-refractivity contribution in [3.63, 3.8) is 0 Å². The summed E-state index contributed by atoms with van der Waals surface area (Å²) in [5.41, 5.74) is 3.35. The van der Waals surface area contributed by atoms with Crippen LogP contribution in [0.25, 0.3) is 0 Å². The molecule has 27 heavy (non-hydrogen) atoms. The topological polar surface area (TPSA) is 54.0 Å². The smallest absolute Gasteiger partial charge is 0.256 e. The number of likely N-dealkylation sites (N-methyl/N-ethyl adjacent to an activating group) is 1. The molecule has 0 aliphatic carbocycles. The van der Waals surface area contributed by atoms with Crippen LogP contribution < -0.4 is 19.7 Å². The predicted octanol–water partition coefficient (Wildman–Crippen LogP) is 3.02. The minimum Gasteiger partial charge on any atom is -0.493 e. The molecule has 0 atom stereocenters. The van der Waals surface area contributed by atoms with Gasteiger partial charge in [-0.15, -0.1) is 0 Å². The molecule has 0 radical (unpaired) electrons. The highest BCUT2D eigenvalue weighted by molar-refractivity contribution is 6.05. The Balaban J connectivity index is 1.71. The van der Waals surface area contributed by atoms with E-state index in [9.17, 15) is 4.79 Å². The molecule has 0 aromatic heterocycles. The molecule has 144 valence electrons. The lowest BCUT2D eigenvalue weighted by molar-refractivity contribution is 0.102. The van der Waals surface area contributed by atoms with Crippen molar-refractivity contribution >= 4 is 17.3 Å². The molecule has 1 amide bonds. The van der Waals surface area contributed by atoms with Crippen LogP contribution in [0.15, 0.2) is 36.4 Å². The maximum atomic E-state index is 12.7. The third-order valence-corrected chi connectivity index (χ3v) is 4.97. The van der Waals surface area contributed by atoms with Crippen LogP contribution >= 0.6 is 0 Å². The van der Waals surface area contributed by atoms with Gasteiger partial charge in [-0.05, 0) is 55.9 Å². The van der Waals surface area contributed by atoms with Crippen molar-refractivity contribution in [2.45, 2.75) is 6.92 Å². The molecule has 3 rings (SSSR count). The van der Waals surface area contributed by atoms with Crippen LogP contribution in [0, 0.1) is 6.92 Å². The van der Waals surface area contributed by atoms with Gasteiger partial charge in [-0.3, -0.25) is 4.79 Å². The molecule has 0 spiro atoms. The molecule has 0 unspecified atom stereocenters. The molecule has 1 aliphatic heterocycles. The fraction of sp³-hybridized carbons (Fsp3) is 0.381. The number of aryl methyl sites for hydroxylation is 1. The quantitative estimate of drug-likeness (QED) is 0.878. The van der Waals surface area contributed by atoms with Gasteiger partial charge in [0.05, 0.1) is 14.2 Å². The monoisotopic (exact) mass is 369 g/mol. The van der Waals surface area contributed by atoms with Crippen molar-refractivity contribution in [1.29, 1.82) is 0 Å². The SMILES string of the molecule is COc1cc(C)c(C(=O)Nc2ccc(N3CCN(C)CC3)cc2)cc1OC. The molecule has 0 bridgehead atoms. The normalized spacial score (nSPS) is 14.7. The molecule has 6 nitrogen and oxygen atoms in total. The van der Waals surface area contributed by atoms with Crippen molar-refractivity contribution < 1.29 is 14.3 Å². The summed E-state index contributed by atoms with van der Waals surface area (Å²) in [6.07, 6.45) is 0. The summed E-state index contributed by atoms with van der Waals surface area (Å²) in [4.78, 5) is 17.4. The lowest BCUT2D eigenvalue weighted by Gasteiger charge is -2.34. The summed E-state index contributed by atoms with van der Waals surface area (Å²) in [7, 11) is 5.29. The number of hydrogen-bond acceptors (Lipinski definition) is 5. The van der Waals surface area contributed by atoms with Crippen LogP contribution in [0.5, 0.6) is 11.5 Å². The molecule has 0 saturated carbocycles. The van der Waals surface area contributed by atoms with Gasteiger partial charge in [0.2, 0.25) is 0 Å². The van der Waals surface area contributed by atoms with Crippen molar-refractivity contribution in [1.82, 2.24) is 4.90 Å². The Labute approximate surface area is 160 Å². The predicted molar refractivity (Wildman–Crippen MR) is 108 cm³/mol. The molecule has 6 heteroatoms. The van der Waals surface area contributed by atoms with Gasteiger partial charge in [0.1, 0.15) is 0 Å². The Morgan fingerprint density at radius 1 is 0.963 bits per heavy atom. The average molecular weight is 369 g/mol. The molecule has 1 fully saturated rings. The van der Waals surface area contributed by atoms with Gasteiger partial charge in [0.15, 0.2) is 11.5 Å². The van der Waals surface area contributed by atoms with E-state index in [1.165, 1.54) is 5.69 Å². The van der Waals surface area contributed by atoms with E-state index < -0.39 is 0 Å². The van der Waals surface area contributed by atoms with Crippen LogP contribution in [0.3, 0.4) is 0 Å². The van der Waals surface area contributed by atoms with Crippen LogP contribution in [0.1, 0.15) is 15.9 Å². The van der Waals surface area contributed by atoms with Crippen LogP contribution in [-0.2, 0) is 0 Å².